The maximum Gasteiger partial charge on any atom is 0.171 e. The Bertz CT molecular complexity index is 3160. The minimum Gasteiger partial charge on any atom is -0.310 e. The van der Waals surface area contributed by atoms with Crippen molar-refractivity contribution in [2.24, 2.45) is 0 Å². The van der Waals surface area contributed by atoms with E-state index in [1.807, 2.05) is 133 Å². The third kappa shape index (κ3) is 6.99. The molecule has 63 heavy (non-hydrogen) atoms. The molecule has 0 radical (unpaired) electrons. The predicted octanol–water partition coefficient (Wildman–Crippen LogP) is 11.1. The van der Waals surface area contributed by atoms with Crippen LogP contribution in [0.1, 0.15) is 36.1 Å². The Hall–Kier alpha value is -6.90. The van der Waals surface area contributed by atoms with Crippen molar-refractivity contribution >= 4 is 63.2 Å². The molecule has 9 aromatic rings. The van der Waals surface area contributed by atoms with Crippen LogP contribution in [0.25, 0.3) is 11.4 Å². The molecule has 8 aromatic carbocycles. The molecule has 1 aromatic heterocycles. The lowest BCUT2D eigenvalue weighted by atomic mass is 9.73. The van der Waals surface area contributed by atoms with Gasteiger partial charge in [-0.05, 0) is 65.1 Å². The molecule has 0 aliphatic carbocycles. The highest BCUT2D eigenvalue weighted by Gasteiger charge is 2.38. The lowest BCUT2D eigenvalue weighted by Crippen LogP contribution is -2.32. The Morgan fingerprint density at radius 1 is 0.444 bits per heavy atom. The molecular weight excluding hydrogens is 809 g/mol. The largest absolute Gasteiger partial charge is 0.310 e. The Balaban J connectivity index is 1.12. The zero-order valence-corrected chi connectivity index (χ0v) is 36.9. The summed E-state index contributed by atoms with van der Waals surface area (Å²) in [6.45, 7) is 4.57. The molecule has 0 N–H and O–H groups in total. The van der Waals surface area contributed by atoms with Crippen LogP contribution in [0, 0.1) is 0 Å². The van der Waals surface area contributed by atoms with Gasteiger partial charge in [-0.3, -0.25) is 0 Å². The standard InChI is InChI=1S/C56H45N3O2P2/c1-56(2)49-30-11-13-32-51(49)59(52-33-14-12-31-50(52)56)44-23-18-29-48(40-44)63(61,46-26-7-4-8-27-46)54-35-16-10-21-42(54)38-41-20-9-15-34-53(41)62(60,45-24-5-3-6-25-45)47-28-17-22-43(39-47)55-57-36-19-37-58-55/h3-37,39-40H,38H2,1-2H3. The highest BCUT2D eigenvalue weighted by molar-refractivity contribution is 7.86. The summed E-state index contributed by atoms with van der Waals surface area (Å²) in [7, 11) is -7.03. The van der Waals surface area contributed by atoms with Gasteiger partial charge in [0.05, 0.1) is 11.4 Å². The van der Waals surface area contributed by atoms with Crippen LogP contribution >= 0.6 is 14.3 Å². The summed E-state index contributed by atoms with van der Waals surface area (Å²) in [6.07, 6.45) is 3.84. The van der Waals surface area contributed by atoms with Gasteiger partial charge >= 0.3 is 0 Å². The lowest BCUT2D eigenvalue weighted by Gasteiger charge is -2.42. The smallest absolute Gasteiger partial charge is 0.171 e. The maximum atomic E-state index is 16.7. The quantitative estimate of drug-likeness (QED) is 0.128. The molecule has 10 rings (SSSR count). The van der Waals surface area contributed by atoms with E-state index in [4.69, 9.17) is 0 Å². The number of aromatic nitrogens is 2. The fourth-order valence-electron chi connectivity index (χ4n) is 9.33. The zero-order valence-electron chi connectivity index (χ0n) is 35.1. The van der Waals surface area contributed by atoms with Crippen LogP contribution in [-0.2, 0) is 21.0 Å². The Morgan fingerprint density at radius 3 is 1.44 bits per heavy atom. The lowest BCUT2D eigenvalue weighted by molar-refractivity contribution is 0.591. The summed E-state index contributed by atoms with van der Waals surface area (Å²) in [4.78, 5) is 11.3. The van der Waals surface area contributed by atoms with Crippen LogP contribution < -0.4 is 36.7 Å². The fraction of sp³-hybridized carbons (Fsp3) is 0.0714. The SMILES string of the molecule is CC1(C)c2ccccc2N(c2cccc(P(=O)(c3ccccc3)c3ccccc3Cc3ccccc3P(=O)(c3ccccc3)c3cccc(-c4ncccn4)c3)c2)c2ccccc21. The summed E-state index contributed by atoms with van der Waals surface area (Å²) in [5.74, 6) is 0.569. The van der Waals surface area contributed by atoms with Gasteiger partial charge < -0.3 is 14.0 Å². The van der Waals surface area contributed by atoms with Gasteiger partial charge in [0.15, 0.2) is 20.1 Å². The zero-order chi connectivity index (χ0) is 43.0. The van der Waals surface area contributed by atoms with Gasteiger partial charge in [0.2, 0.25) is 0 Å². The maximum absolute atomic E-state index is 16.7. The first kappa shape index (κ1) is 40.2. The average Bonchev–Trinajstić information content (AvgIpc) is 3.35. The molecule has 306 valence electrons. The van der Waals surface area contributed by atoms with Crippen molar-refractivity contribution in [1.82, 2.24) is 9.97 Å². The van der Waals surface area contributed by atoms with Crippen molar-refractivity contribution in [3.63, 3.8) is 0 Å². The van der Waals surface area contributed by atoms with E-state index in [2.05, 4.69) is 102 Å². The molecule has 2 heterocycles. The molecule has 2 atom stereocenters. The number of rotatable bonds is 10. The van der Waals surface area contributed by atoms with Gasteiger partial charge in [0, 0.05) is 60.9 Å². The number of hydrogen-bond donors (Lipinski definition) is 0. The molecule has 1 aliphatic rings. The number of anilines is 3. The number of nitrogens with zero attached hydrogens (tertiary/aromatic N) is 3. The second-order valence-corrected chi connectivity index (χ2v) is 21.9. The first-order valence-electron chi connectivity index (χ1n) is 21.2. The van der Waals surface area contributed by atoms with Crippen molar-refractivity contribution in [3.05, 3.63) is 247 Å². The predicted molar refractivity (Wildman–Crippen MR) is 262 cm³/mol. The van der Waals surface area contributed by atoms with Crippen LogP contribution in [0.5, 0.6) is 0 Å². The molecule has 7 heteroatoms. The van der Waals surface area contributed by atoms with Gasteiger partial charge in [-0.1, -0.05) is 190 Å². The summed E-state index contributed by atoms with van der Waals surface area (Å²) in [5.41, 5.74) is 8.00. The van der Waals surface area contributed by atoms with Crippen LogP contribution in [0.4, 0.5) is 17.1 Å². The Morgan fingerprint density at radius 2 is 0.889 bits per heavy atom. The van der Waals surface area contributed by atoms with E-state index >= 15 is 9.13 Å². The monoisotopic (exact) mass is 853 g/mol. The highest BCUT2D eigenvalue weighted by Crippen LogP contribution is 2.53. The minimum atomic E-state index is -3.55. The third-order valence-electron chi connectivity index (χ3n) is 12.4. The molecule has 0 saturated carbocycles. The summed E-state index contributed by atoms with van der Waals surface area (Å²) in [5, 5.41) is 4.39. The number of benzene rings is 8. The molecule has 1 aliphatic heterocycles. The third-order valence-corrected chi connectivity index (χ3v) is 18.7. The van der Waals surface area contributed by atoms with Gasteiger partial charge in [0.1, 0.15) is 0 Å². The first-order valence-corrected chi connectivity index (χ1v) is 24.7. The van der Waals surface area contributed by atoms with E-state index in [0.717, 1.165) is 60.3 Å². The number of hydrogen-bond acceptors (Lipinski definition) is 5. The van der Waals surface area contributed by atoms with Crippen LogP contribution in [-0.4, -0.2) is 9.97 Å². The van der Waals surface area contributed by atoms with E-state index in [-0.39, 0.29) is 5.41 Å². The summed E-state index contributed by atoms with van der Waals surface area (Å²) in [6, 6.07) is 70.8. The van der Waals surface area contributed by atoms with E-state index in [0.29, 0.717) is 17.5 Å². The number of fused-ring (bicyclic) bond motifs is 2. The van der Waals surface area contributed by atoms with E-state index in [1.165, 1.54) is 11.1 Å². The van der Waals surface area contributed by atoms with Crippen LogP contribution in [0.2, 0.25) is 0 Å². The highest BCUT2D eigenvalue weighted by atomic mass is 31.2. The van der Waals surface area contributed by atoms with E-state index in [9.17, 15) is 0 Å². The number of para-hydroxylation sites is 2. The molecule has 0 saturated heterocycles. The van der Waals surface area contributed by atoms with Gasteiger partial charge in [-0.15, -0.1) is 0 Å². The van der Waals surface area contributed by atoms with Crippen LogP contribution in [0.15, 0.2) is 225 Å². The molecule has 0 bridgehead atoms. The molecular formula is C56H45N3O2P2. The van der Waals surface area contributed by atoms with Gasteiger partial charge in [-0.25, -0.2) is 9.97 Å². The topological polar surface area (TPSA) is 63.2 Å². The van der Waals surface area contributed by atoms with Crippen molar-refractivity contribution in [3.8, 4) is 11.4 Å². The van der Waals surface area contributed by atoms with Gasteiger partial charge in [-0.2, -0.15) is 0 Å². The molecule has 5 nitrogen and oxygen atoms in total. The van der Waals surface area contributed by atoms with Crippen molar-refractivity contribution < 1.29 is 9.13 Å². The second-order valence-electron chi connectivity index (χ2n) is 16.5. The second kappa shape index (κ2) is 16.4. The molecule has 0 spiro atoms. The van der Waals surface area contributed by atoms with Gasteiger partial charge in [0.25, 0.3) is 0 Å². The first-order chi connectivity index (χ1) is 30.8. The van der Waals surface area contributed by atoms with Crippen LogP contribution in [0.3, 0.4) is 0 Å². The Labute approximate surface area is 369 Å². The molecule has 2 unspecified atom stereocenters. The van der Waals surface area contributed by atoms with Crippen molar-refractivity contribution in [2.75, 3.05) is 4.90 Å². The van der Waals surface area contributed by atoms with E-state index < -0.39 is 14.3 Å². The van der Waals surface area contributed by atoms with Crippen molar-refractivity contribution in [1.29, 1.82) is 0 Å². The Kier molecular flexibility index (Phi) is 10.5. The normalized spacial score (nSPS) is 14.7. The molecule has 0 amide bonds. The van der Waals surface area contributed by atoms with E-state index in [1.54, 1.807) is 18.5 Å². The molecule has 0 fully saturated rings. The average molecular weight is 854 g/mol. The summed E-state index contributed by atoms with van der Waals surface area (Å²) >= 11 is 0. The summed E-state index contributed by atoms with van der Waals surface area (Å²) < 4.78 is 32.9. The van der Waals surface area contributed by atoms with Crippen molar-refractivity contribution in [2.45, 2.75) is 25.7 Å². The fourth-order valence-corrected chi connectivity index (χ4v) is 15.2. The minimum absolute atomic E-state index is 0.209.